The molecule has 0 saturated heterocycles. The van der Waals surface area contributed by atoms with Crippen molar-refractivity contribution in [2.45, 2.75) is 26.5 Å². The van der Waals surface area contributed by atoms with Gasteiger partial charge in [0.2, 0.25) is 0 Å². The second kappa shape index (κ2) is 8.86. The normalized spacial score (nSPS) is 10.7. The minimum atomic E-state index is -0.326. The SMILES string of the molecule is CC(C)Oc1ccc(NC(=O)N(CCO)Cc2nccs2)cc1Cl. The maximum absolute atomic E-state index is 12.4. The monoisotopic (exact) mass is 369 g/mol. The summed E-state index contributed by atoms with van der Waals surface area (Å²) in [6.07, 6.45) is 1.70. The van der Waals surface area contributed by atoms with Crippen LogP contribution in [0.15, 0.2) is 29.8 Å². The van der Waals surface area contributed by atoms with Crippen molar-refractivity contribution in [3.05, 3.63) is 39.8 Å². The van der Waals surface area contributed by atoms with E-state index < -0.39 is 0 Å². The smallest absolute Gasteiger partial charge is 0.322 e. The molecule has 0 radical (unpaired) electrons. The summed E-state index contributed by atoms with van der Waals surface area (Å²) in [7, 11) is 0. The fraction of sp³-hybridized carbons (Fsp3) is 0.375. The lowest BCUT2D eigenvalue weighted by Gasteiger charge is -2.21. The average Bonchev–Trinajstić information content (AvgIpc) is 3.02. The van der Waals surface area contributed by atoms with Crippen molar-refractivity contribution in [2.75, 3.05) is 18.5 Å². The maximum Gasteiger partial charge on any atom is 0.322 e. The lowest BCUT2D eigenvalue weighted by Crippen LogP contribution is -2.36. The van der Waals surface area contributed by atoms with Crippen LogP contribution >= 0.6 is 22.9 Å². The van der Waals surface area contributed by atoms with Crippen molar-refractivity contribution in [3.63, 3.8) is 0 Å². The van der Waals surface area contributed by atoms with Gasteiger partial charge in [0.15, 0.2) is 0 Å². The molecule has 2 rings (SSSR count). The van der Waals surface area contributed by atoms with Crippen LogP contribution in [0.5, 0.6) is 5.75 Å². The Balaban J connectivity index is 2.04. The standard InChI is InChI=1S/C16H20ClN3O3S/c1-11(2)23-14-4-3-12(9-13(14)17)19-16(22)20(6-7-21)10-15-18-5-8-24-15/h3-5,8-9,11,21H,6-7,10H2,1-2H3,(H,19,22). The molecule has 1 aromatic heterocycles. The summed E-state index contributed by atoms with van der Waals surface area (Å²) in [5.41, 5.74) is 0.559. The number of benzene rings is 1. The van der Waals surface area contributed by atoms with E-state index in [0.717, 1.165) is 5.01 Å². The van der Waals surface area contributed by atoms with Crippen molar-refractivity contribution in [2.24, 2.45) is 0 Å². The third-order valence-electron chi connectivity index (χ3n) is 3.01. The van der Waals surface area contributed by atoms with Crippen LogP contribution in [-0.2, 0) is 6.54 Å². The predicted octanol–water partition coefficient (Wildman–Crippen LogP) is 3.61. The number of hydrogen-bond acceptors (Lipinski definition) is 5. The molecule has 0 aliphatic heterocycles. The van der Waals surface area contributed by atoms with Gasteiger partial charge in [-0.05, 0) is 32.0 Å². The molecule has 0 aliphatic rings. The predicted molar refractivity (Wildman–Crippen MR) is 95.8 cm³/mol. The largest absolute Gasteiger partial charge is 0.489 e. The molecule has 1 aromatic carbocycles. The number of aromatic nitrogens is 1. The molecule has 0 saturated carbocycles. The Morgan fingerprint density at radius 3 is 2.88 bits per heavy atom. The molecule has 0 aliphatic carbocycles. The number of ether oxygens (including phenoxy) is 1. The van der Waals surface area contributed by atoms with E-state index in [2.05, 4.69) is 10.3 Å². The number of nitrogens with zero attached hydrogens (tertiary/aromatic N) is 2. The van der Waals surface area contributed by atoms with E-state index >= 15 is 0 Å². The van der Waals surface area contributed by atoms with Gasteiger partial charge in [-0.3, -0.25) is 0 Å². The molecule has 0 unspecified atom stereocenters. The van der Waals surface area contributed by atoms with Crippen molar-refractivity contribution >= 4 is 34.7 Å². The van der Waals surface area contributed by atoms with Crippen LogP contribution in [0, 0.1) is 0 Å². The molecule has 130 valence electrons. The maximum atomic E-state index is 12.4. The van der Waals surface area contributed by atoms with Gasteiger partial charge in [-0.25, -0.2) is 9.78 Å². The molecule has 2 amide bonds. The lowest BCUT2D eigenvalue weighted by atomic mass is 10.3. The Bertz CT molecular complexity index is 665. The van der Waals surface area contributed by atoms with Crippen molar-refractivity contribution in [1.82, 2.24) is 9.88 Å². The topological polar surface area (TPSA) is 74.7 Å². The first kappa shape index (κ1) is 18.5. The van der Waals surface area contributed by atoms with Crippen LogP contribution in [0.25, 0.3) is 0 Å². The van der Waals surface area contributed by atoms with Gasteiger partial charge in [0.1, 0.15) is 10.8 Å². The van der Waals surface area contributed by atoms with E-state index in [4.69, 9.17) is 21.4 Å². The van der Waals surface area contributed by atoms with Gasteiger partial charge in [-0.2, -0.15) is 0 Å². The molecular formula is C16H20ClN3O3S. The number of amides is 2. The Morgan fingerprint density at radius 1 is 1.50 bits per heavy atom. The fourth-order valence-electron chi connectivity index (χ4n) is 2.00. The molecule has 2 aromatic rings. The van der Waals surface area contributed by atoms with Gasteiger partial charge in [0.25, 0.3) is 0 Å². The van der Waals surface area contributed by atoms with E-state index in [-0.39, 0.29) is 25.3 Å². The van der Waals surface area contributed by atoms with Gasteiger partial charge in [0.05, 0.1) is 24.3 Å². The number of urea groups is 1. The summed E-state index contributed by atoms with van der Waals surface area (Å²) in [4.78, 5) is 18.1. The molecular weight excluding hydrogens is 350 g/mol. The Hall–Kier alpha value is -1.83. The highest BCUT2D eigenvalue weighted by Crippen LogP contribution is 2.28. The summed E-state index contributed by atoms with van der Waals surface area (Å²) in [6.45, 7) is 4.26. The van der Waals surface area contributed by atoms with E-state index in [1.807, 2.05) is 19.2 Å². The zero-order valence-corrected chi connectivity index (χ0v) is 15.1. The van der Waals surface area contributed by atoms with Crippen LogP contribution in [0.2, 0.25) is 5.02 Å². The van der Waals surface area contributed by atoms with E-state index in [1.165, 1.54) is 16.2 Å². The zero-order chi connectivity index (χ0) is 17.5. The quantitative estimate of drug-likeness (QED) is 0.781. The number of halogens is 1. The van der Waals surface area contributed by atoms with Crippen LogP contribution in [0.4, 0.5) is 10.5 Å². The minimum absolute atomic E-state index is 0.0151. The van der Waals surface area contributed by atoms with Crippen molar-refractivity contribution in [3.8, 4) is 5.75 Å². The molecule has 0 fully saturated rings. The Morgan fingerprint density at radius 2 is 2.29 bits per heavy atom. The summed E-state index contributed by atoms with van der Waals surface area (Å²) < 4.78 is 5.57. The molecule has 2 N–H and O–H groups in total. The van der Waals surface area contributed by atoms with Crippen LogP contribution in [0.3, 0.4) is 0 Å². The zero-order valence-electron chi connectivity index (χ0n) is 13.5. The van der Waals surface area contributed by atoms with E-state index in [1.54, 1.807) is 24.4 Å². The van der Waals surface area contributed by atoms with Crippen LogP contribution in [0.1, 0.15) is 18.9 Å². The van der Waals surface area contributed by atoms with Crippen LogP contribution < -0.4 is 10.1 Å². The first-order valence-electron chi connectivity index (χ1n) is 7.51. The molecule has 0 atom stereocenters. The molecule has 0 bridgehead atoms. The third kappa shape index (κ3) is 5.36. The van der Waals surface area contributed by atoms with Crippen molar-refractivity contribution < 1.29 is 14.6 Å². The second-order valence-corrected chi connectivity index (χ2v) is 6.70. The average molecular weight is 370 g/mol. The van der Waals surface area contributed by atoms with Crippen molar-refractivity contribution in [1.29, 1.82) is 0 Å². The highest BCUT2D eigenvalue weighted by atomic mass is 35.5. The van der Waals surface area contributed by atoms with Gasteiger partial charge in [-0.1, -0.05) is 11.6 Å². The highest BCUT2D eigenvalue weighted by Gasteiger charge is 2.15. The third-order valence-corrected chi connectivity index (χ3v) is 4.07. The molecule has 8 heteroatoms. The molecule has 0 spiro atoms. The number of thiazole rings is 1. The number of anilines is 1. The number of aliphatic hydroxyl groups is 1. The first-order valence-corrected chi connectivity index (χ1v) is 8.76. The number of rotatable bonds is 7. The van der Waals surface area contributed by atoms with E-state index in [9.17, 15) is 4.79 Å². The number of carbonyl (C=O) groups is 1. The summed E-state index contributed by atoms with van der Waals surface area (Å²) in [5, 5.41) is 15.0. The van der Waals surface area contributed by atoms with Gasteiger partial charge < -0.3 is 20.1 Å². The number of carbonyl (C=O) groups excluding carboxylic acids is 1. The number of aliphatic hydroxyl groups excluding tert-OH is 1. The lowest BCUT2D eigenvalue weighted by molar-refractivity contribution is 0.185. The minimum Gasteiger partial charge on any atom is -0.489 e. The van der Waals surface area contributed by atoms with Crippen LogP contribution in [-0.4, -0.2) is 40.3 Å². The summed E-state index contributed by atoms with van der Waals surface area (Å²) in [6, 6.07) is 4.75. The van der Waals surface area contributed by atoms with Gasteiger partial charge in [-0.15, -0.1) is 11.3 Å². The molecule has 6 nitrogen and oxygen atoms in total. The molecule has 1 heterocycles. The Kier molecular flexibility index (Phi) is 6.84. The second-order valence-electron chi connectivity index (χ2n) is 5.31. The molecule has 24 heavy (non-hydrogen) atoms. The first-order chi connectivity index (χ1) is 11.5. The van der Waals surface area contributed by atoms with Gasteiger partial charge in [0, 0.05) is 23.8 Å². The number of hydrogen-bond donors (Lipinski definition) is 2. The summed E-state index contributed by atoms with van der Waals surface area (Å²) in [5.74, 6) is 0.569. The summed E-state index contributed by atoms with van der Waals surface area (Å²) >= 11 is 7.63. The number of nitrogens with one attached hydrogen (secondary N) is 1. The fourth-order valence-corrected chi connectivity index (χ4v) is 2.85. The van der Waals surface area contributed by atoms with E-state index in [0.29, 0.717) is 23.0 Å². The highest BCUT2D eigenvalue weighted by molar-refractivity contribution is 7.09. The Labute approximate surface area is 150 Å². The van der Waals surface area contributed by atoms with Gasteiger partial charge >= 0.3 is 6.03 Å².